The maximum absolute atomic E-state index is 11.4. The third-order valence-corrected chi connectivity index (χ3v) is 6.85. The molecular formula is C12H18O3SSi. The van der Waals surface area contributed by atoms with E-state index in [1.807, 2.05) is 31.8 Å². The fourth-order valence-corrected chi connectivity index (χ4v) is 4.88. The predicted molar refractivity (Wildman–Crippen MR) is 72.9 cm³/mol. The lowest BCUT2D eigenvalue weighted by Crippen LogP contribution is -2.42. The third kappa shape index (κ3) is 3.05. The second-order valence-electron chi connectivity index (χ2n) is 4.58. The van der Waals surface area contributed by atoms with Gasteiger partial charge in [0.2, 0.25) is 0 Å². The molecule has 1 aromatic rings. The fraction of sp³-hybridized carbons (Fsp3) is 0.333. The van der Waals surface area contributed by atoms with E-state index in [2.05, 4.69) is 6.58 Å². The van der Waals surface area contributed by atoms with Crippen molar-refractivity contribution in [3.05, 3.63) is 36.0 Å². The maximum Gasteiger partial charge on any atom is 0.294 e. The van der Waals surface area contributed by atoms with E-state index in [-0.39, 0.29) is 4.90 Å². The van der Waals surface area contributed by atoms with Crippen LogP contribution in [0.2, 0.25) is 13.1 Å². The maximum atomic E-state index is 11.4. The van der Waals surface area contributed by atoms with E-state index in [1.54, 1.807) is 6.07 Å². The van der Waals surface area contributed by atoms with Crippen molar-refractivity contribution < 1.29 is 13.0 Å². The highest BCUT2D eigenvalue weighted by Crippen LogP contribution is 2.15. The first-order valence-electron chi connectivity index (χ1n) is 5.47. The zero-order valence-corrected chi connectivity index (χ0v) is 12.2. The van der Waals surface area contributed by atoms with Crippen LogP contribution in [0.25, 0.3) is 0 Å². The van der Waals surface area contributed by atoms with Gasteiger partial charge in [0, 0.05) is 0 Å². The van der Waals surface area contributed by atoms with Crippen molar-refractivity contribution in [1.82, 2.24) is 0 Å². The van der Waals surface area contributed by atoms with Gasteiger partial charge in [-0.05, 0) is 23.2 Å². The number of benzene rings is 1. The van der Waals surface area contributed by atoms with Gasteiger partial charge in [-0.25, -0.2) is 0 Å². The first kappa shape index (κ1) is 14.1. The molecule has 0 saturated carbocycles. The minimum atomic E-state index is -4.16. The van der Waals surface area contributed by atoms with Gasteiger partial charge in [0.05, 0.1) is 4.90 Å². The van der Waals surface area contributed by atoms with Gasteiger partial charge in [-0.2, -0.15) is 8.42 Å². The number of hydrogen-bond acceptors (Lipinski definition) is 2. The molecule has 1 aromatic carbocycles. The second-order valence-corrected chi connectivity index (χ2v) is 10.4. The van der Waals surface area contributed by atoms with Crippen LogP contribution in [-0.4, -0.2) is 21.0 Å². The van der Waals surface area contributed by atoms with Crippen molar-refractivity contribution in [3.63, 3.8) is 0 Å². The molecule has 0 radical (unpaired) electrons. The molecule has 0 aliphatic heterocycles. The van der Waals surface area contributed by atoms with Crippen molar-refractivity contribution >= 4 is 23.4 Å². The molecule has 0 aliphatic carbocycles. The Morgan fingerprint density at radius 3 is 2.41 bits per heavy atom. The molecule has 0 atom stereocenters. The van der Waals surface area contributed by atoms with E-state index in [0.29, 0.717) is 5.19 Å². The number of hydrogen-bond donors (Lipinski definition) is 1. The molecule has 5 heteroatoms. The van der Waals surface area contributed by atoms with Gasteiger partial charge in [0.15, 0.2) is 0 Å². The van der Waals surface area contributed by atoms with Crippen LogP contribution in [0.15, 0.2) is 35.4 Å². The van der Waals surface area contributed by atoms with E-state index in [0.717, 1.165) is 12.0 Å². The van der Waals surface area contributed by atoms with Crippen LogP contribution in [0, 0.1) is 0 Å². The van der Waals surface area contributed by atoms with Gasteiger partial charge >= 0.3 is 0 Å². The Bertz CT molecular complexity index is 533. The summed E-state index contributed by atoms with van der Waals surface area (Å²) in [6, 6.07) is 5.10. The van der Waals surface area contributed by atoms with E-state index in [1.165, 1.54) is 6.07 Å². The van der Waals surface area contributed by atoms with E-state index in [4.69, 9.17) is 0 Å². The fourth-order valence-electron chi connectivity index (χ4n) is 1.64. The lowest BCUT2D eigenvalue weighted by Gasteiger charge is -2.21. The Morgan fingerprint density at radius 1 is 1.41 bits per heavy atom. The summed E-state index contributed by atoms with van der Waals surface area (Å²) in [7, 11) is -6.20. The molecule has 0 aliphatic rings. The van der Waals surface area contributed by atoms with E-state index in [9.17, 15) is 13.0 Å². The number of rotatable bonds is 4. The molecule has 0 saturated heterocycles. The van der Waals surface area contributed by atoms with Crippen molar-refractivity contribution in [2.24, 2.45) is 0 Å². The number of aryl methyl sites for hydroxylation is 1. The van der Waals surface area contributed by atoms with Crippen molar-refractivity contribution in [3.8, 4) is 0 Å². The van der Waals surface area contributed by atoms with Gasteiger partial charge < -0.3 is 0 Å². The summed E-state index contributed by atoms with van der Waals surface area (Å²) in [6.07, 6.45) is 0.834. The Balaban J connectivity index is 3.58. The Labute approximate surface area is 104 Å². The molecule has 1 N–H and O–H groups in total. The summed E-state index contributed by atoms with van der Waals surface area (Å²) in [5, 5.41) is 0.717. The average Bonchev–Trinajstić information content (AvgIpc) is 2.27. The summed E-state index contributed by atoms with van der Waals surface area (Å²) < 4.78 is 32.0. The highest BCUT2D eigenvalue weighted by Gasteiger charge is 2.27. The zero-order chi connectivity index (χ0) is 13.3. The molecule has 1 rings (SSSR count). The first-order chi connectivity index (χ1) is 7.72. The average molecular weight is 270 g/mol. The van der Waals surface area contributed by atoms with Crippen molar-refractivity contribution in [2.75, 3.05) is 0 Å². The smallest absolute Gasteiger partial charge is 0.282 e. The topological polar surface area (TPSA) is 54.4 Å². The Morgan fingerprint density at radius 2 is 2.00 bits per heavy atom. The zero-order valence-electron chi connectivity index (χ0n) is 10.4. The summed E-state index contributed by atoms with van der Waals surface area (Å²) >= 11 is 0. The monoisotopic (exact) mass is 270 g/mol. The van der Waals surface area contributed by atoms with Crippen LogP contribution >= 0.6 is 0 Å². The van der Waals surface area contributed by atoms with E-state index < -0.39 is 18.2 Å². The molecule has 3 nitrogen and oxygen atoms in total. The highest BCUT2D eigenvalue weighted by atomic mass is 32.2. The predicted octanol–water partition coefficient (Wildman–Crippen LogP) is 2.14. The molecule has 0 aromatic heterocycles. The third-order valence-electron chi connectivity index (χ3n) is 2.93. The van der Waals surface area contributed by atoms with Gasteiger partial charge in [-0.3, -0.25) is 4.55 Å². The largest absolute Gasteiger partial charge is 0.294 e. The lowest BCUT2D eigenvalue weighted by molar-refractivity contribution is 0.484. The van der Waals surface area contributed by atoms with Gasteiger partial charge in [-0.1, -0.05) is 37.8 Å². The van der Waals surface area contributed by atoms with Crippen LogP contribution in [0.5, 0.6) is 0 Å². The SMILES string of the molecule is C=C[Si](C)(C)c1cc(CC)ccc1S(=O)(=O)O. The van der Waals surface area contributed by atoms with E-state index >= 15 is 0 Å². The van der Waals surface area contributed by atoms with Gasteiger partial charge in [-0.15, -0.1) is 6.58 Å². The summed E-state index contributed by atoms with van der Waals surface area (Å²) in [5.74, 6) is 0. The Hall–Kier alpha value is -0.913. The van der Waals surface area contributed by atoms with Gasteiger partial charge in [0.25, 0.3) is 10.1 Å². The minimum absolute atomic E-state index is 0.0197. The quantitative estimate of drug-likeness (QED) is 0.673. The van der Waals surface area contributed by atoms with Crippen LogP contribution < -0.4 is 5.19 Å². The highest BCUT2D eigenvalue weighted by molar-refractivity contribution is 7.86. The van der Waals surface area contributed by atoms with Crippen molar-refractivity contribution in [2.45, 2.75) is 31.3 Å². The van der Waals surface area contributed by atoms with Crippen LogP contribution in [0.4, 0.5) is 0 Å². The normalized spacial score (nSPS) is 12.5. The molecule has 0 unspecified atom stereocenters. The lowest BCUT2D eigenvalue weighted by atomic mass is 10.2. The first-order valence-corrected chi connectivity index (χ1v) is 9.98. The molecular weight excluding hydrogens is 252 g/mol. The molecule has 0 fully saturated rings. The molecule has 0 bridgehead atoms. The Kier molecular flexibility index (Phi) is 3.96. The molecule has 0 heterocycles. The molecule has 94 valence electrons. The standard InChI is InChI=1S/C12H18O3SSi/c1-5-10-7-8-11(16(13,14)15)12(9-10)17(3,4)6-2/h6-9H,2,5H2,1,3-4H3,(H,13,14,15). The summed E-state index contributed by atoms with van der Waals surface area (Å²) in [5.41, 5.74) is 2.88. The van der Waals surface area contributed by atoms with Crippen LogP contribution in [-0.2, 0) is 16.5 Å². The summed E-state index contributed by atoms with van der Waals surface area (Å²) in [6.45, 7) is 9.79. The van der Waals surface area contributed by atoms with Crippen LogP contribution in [0.1, 0.15) is 12.5 Å². The van der Waals surface area contributed by atoms with Crippen LogP contribution in [0.3, 0.4) is 0 Å². The molecule has 0 amide bonds. The second kappa shape index (κ2) is 4.76. The van der Waals surface area contributed by atoms with Crippen molar-refractivity contribution in [1.29, 1.82) is 0 Å². The molecule has 0 spiro atoms. The summed E-state index contributed by atoms with van der Waals surface area (Å²) in [4.78, 5) is 0.0197. The molecule has 17 heavy (non-hydrogen) atoms. The van der Waals surface area contributed by atoms with Gasteiger partial charge in [0.1, 0.15) is 8.07 Å². The minimum Gasteiger partial charge on any atom is -0.282 e.